The maximum atomic E-state index is 5.95. The van der Waals surface area contributed by atoms with E-state index in [9.17, 15) is 0 Å². The molecule has 0 aliphatic carbocycles. The van der Waals surface area contributed by atoms with E-state index in [0.29, 0.717) is 11.8 Å². The quantitative estimate of drug-likeness (QED) is 0.842. The molecule has 2 N–H and O–H groups in total. The largest absolute Gasteiger partial charge is 0.329 e. The van der Waals surface area contributed by atoms with E-state index < -0.39 is 0 Å². The molecule has 0 aliphatic heterocycles. The van der Waals surface area contributed by atoms with Gasteiger partial charge < -0.3 is 5.73 Å². The summed E-state index contributed by atoms with van der Waals surface area (Å²) in [6.07, 6.45) is 0. The number of halogens is 1. The predicted octanol–water partition coefficient (Wildman–Crippen LogP) is 4.19. The second kappa shape index (κ2) is 5.73. The van der Waals surface area contributed by atoms with Crippen molar-refractivity contribution >= 4 is 34.7 Å². The van der Waals surface area contributed by atoms with Crippen LogP contribution in [0.2, 0.25) is 5.02 Å². The zero-order chi connectivity index (χ0) is 11.4. The van der Waals surface area contributed by atoms with E-state index >= 15 is 0 Å². The van der Waals surface area contributed by atoms with Crippen LogP contribution in [-0.4, -0.2) is 6.54 Å². The number of nitrogens with two attached hydrogens (primary N) is 1. The first-order valence-electron chi connectivity index (χ1n) is 4.94. The van der Waals surface area contributed by atoms with Crippen LogP contribution in [-0.2, 0) is 0 Å². The monoisotopic (exact) mass is 269 g/mol. The number of benzene rings is 1. The van der Waals surface area contributed by atoms with Crippen molar-refractivity contribution in [3.8, 4) is 0 Å². The summed E-state index contributed by atoms with van der Waals surface area (Å²) < 4.78 is 0. The Hall–Kier alpha value is -0.480. The molecule has 1 aromatic heterocycles. The van der Waals surface area contributed by atoms with Crippen LogP contribution in [0.1, 0.15) is 10.8 Å². The summed E-state index contributed by atoms with van der Waals surface area (Å²) in [7, 11) is 0. The maximum Gasteiger partial charge on any atom is 0.0475 e. The molecule has 1 unspecified atom stereocenters. The fraction of sp³-hybridized carbons (Fsp3) is 0.167. The van der Waals surface area contributed by atoms with Crippen LogP contribution in [0.3, 0.4) is 0 Å². The molecule has 0 aliphatic rings. The molecule has 2 aromatic rings. The molecule has 16 heavy (non-hydrogen) atoms. The van der Waals surface area contributed by atoms with Gasteiger partial charge in [-0.1, -0.05) is 17.7 Å². The lowest BCUT2D eigenvalue weighted by Gasteiger charge is -2.12. The van der Waals surface area contributed by atoms with Crippen molar-refractivity contribution in [3.63, 3.8) is 0 Å². The van der Waals surface area contributed by atoms with Crippen LogP contribution in [0, 0.1) is 0 Å². The first kappa shape index (κ1) is 12.0. The maximum absolute atomic E-state index is 5.95. The van der Waals surface area contributed by atoms with Gasteiger partial charge in [-0.15, -0.1) is 11.8 Å². The molecule has 0 saturated carbocycles. The molecule has 0 radical (unpaired) electrons. The summed E-state index contributed by atoms with van der Waals surface area (Å²) >= 11 is 9.41. The van der Waals surface area contributed by atoms with Gasteiger partial charge in [0.25, 0.3) is 0 Å². The first-order chi connectivity index (χ1) is 7.79. The second-order valence-corrected chi connectivity index (χ2v) is 5.85. The van der Waals surface area contributed by atoms with E-state index in [1.807, 2.05) is 18.2 Å². The van der Waals surface area contributed by atoms with Crippen molar-refractivity contribution in [3.05, 3.63) is 51.7 Å². The highest BCUT2D eigenvalue weighted by atomic mass is 35.5. The molecule has 0 saturated heterocycles. The lowest BCUT2D eigenvalue weighted by molar-refractivity contribution is 0.946. The molecule has 84 valence electrons. The highest BCUT2D eigenvalue weighted by Crippen LogP contribution is 2.36. The Balaban J connectivity index is 2.13. The summed E-state index contributed by atoms with van der Waals surface area (Å²) in [5.74, 6) is 0. The zero-order valence-corrected chi connectivity index (χ0v) is 11.0. The van der Waals surface area contributed by atoms with Gasteiger partial charge >= 0.3 is 0 Å². The molecule has 0 amide bonds. The predicted molar refractivity (Wildman–Crippen MR) is 73.4 cm³/mol. The van der Waals surface area contributed by atoms with Crippen molar-refractivity contribution in [2.45, 2.75) is 10.1 Å². The topological polar surface area (TPSA) is 26.0 Å². The van der Waals surface area contributed by atoms with Gasteiger partial charge in [0.1, 0.15) is 0 Å². The van der Waals surface area contributed by atoms with Crippen LogP contribution in [0.5, 0.6) is 0 Å². The Morgan fingerprint density at radius 1 is 1.38 bits per heavy atom. The molecule has 1 atom stereocenters. The zero-order valence-electron chi connectivity index (χ0n) is 8.60. The fourth-order valence-corrected chi connectivity index (χ4v) is 3.53. The molecule has 0 spiro atoms. The van der Waals surface area contributed by atoms with E-state index in [0.717, 1.165) is 9.92 Å². The van der Waals surface area contributed by atoms with Gasteiger partial charge in [0.15, 0.2) is 0 Å². The molecule has 0 fully saturated rings. The minimum atomic E-state index is 0.310. The van der Waals surface area contributed by atoms with E-state index in [4.69, 9.17) is 17.3 Å². The van der Waals surface area contributed by atoms with E-state index in [1.165, 1.54) is 5.56 Å². The summed E-state index contributed by atoms with van der Waals surface area (Å²) in [4.78, 5) is 1.16. The molecular formula is C12H12ClNS2. The number of thiophene rings is 1. The van der Waals surface area contributed by atoms with Crippen molar-refractivity contribution in [1.82, 2.24) is 0 Å². The van der Waals surface area contributed by atoms with E-state index in [2.05, 4.69) is 22.9 Å². The van der Waals surface area contributed by atoms with Gasteiger partial charge in [-0.05, 0) is 40.6 Å². The number of rotatable bonds is 4. The number of thioether (sulfide) groups is 1. The van der Waals surface area contributed by atoms with Crippen molar-refractivity contribution < 1.29 is 0 Å². The van der Waals surface area contributed by atoms with Gasteiger partial charge in [0, 0.05) is 21.7 Å². The van der Waals surface area contributed by atoms with Gasteiger partial charge in [-0.25, -0.2) is 0 Å². The van der Waals surface area contributed by atoms with Crippen LogP contribution >= 0.6 is 34.7 Å². The normalized spacial score (nSPS) is 12.6. The minimum Gasteiger partial charge on any atom is -0.329 e. The smallest absolute Gasteiger partial charge is 0.0475 e. The minimum absolute atomic E-state index is 0.310. The van der Waals surface area contributed by atoms with E-state index in [1.54, 1.807) is 23.1 Å². The lowest BCUT2D eigenvalue weighted by atomic mass is 10.2. The van der Waals surface area contributed by atoms with Crippen LogP contribution in [0.15, 0.2) is 46.0 Å². The summed E-state index contributed by atoms with van der Waals surface area (Å²) in [6.45, 7) is 0.633. The van der Waals surface area contributed by atoms with Crippen LogP contribution < -0.4 is 5.73 Å². The Morgan fingerprint density at radius 3 is 2.88 bits per heavy atom. The van der Waals surface area contributed by atoms with Gasteiger partial charge in [0.05, 0.1) is 0 Å². The lowest BCUT2D eigenvalue weighted by Crippen LogP contribution is -2.08. The van der Waals surface area contributed by atoms with E-state index in [-0.39, 0.29) is 0 Å². The summed E-state index contributed by atoms with van der Waals surface area (Å²) in [6, 6.07) is 10.0. The Kier molecular flexibility index (Phi) is 4.29. The molecule has 2 rings (SSSR count). The highest BCUT2D eigenvalue weighted by molar-refractivity contribution is 7.99. The second-order valence-electron chi connectivity index (χ2n) is 3.36. The van der Waals surface area contributed by atoms with Crippen molar-refractivity contribution in [2.75, 3.05) is 6.54 Å². The molecule has 4 heteroatoms. The third-order valence-corrected chi connectivity index (χ3v) is 4.42. The standard InChI is InChI=1S/C12H12ClNS2/c13-10-2-1-3-11(6-10)16-12(7-14)9-4-5-15-8-9/h1-6,8,12H,7,14H2. The van der Waals surface area contributed by atoms with Crippen molar-refractivity contribution in [1.29, 1.82) is 0 Å². The van der Waals surface area contributed by atoms with Gasteiger partial charge in [-0.2, -0.15) is 11.3 Å². The average molecular weight is 270 g/mol. The van der Waals surface area contributed by atoms with Gasteiger partial charge in [0.2, 0.25) is 0 Å². The summed E-state index contributed by atoms with van der Waals surface area (Å²) in [5, 5.41) is 5.31. The molecular weight excluding hydrogens is 258 g/mol. The fourth-order valence-electron chi connectivity index (χ4n) is 1.42. The highest BCUT2D eigenvalue weighted by Gasteiger charge is 2.11. The molecule has 0 bridgehead atoms. The molecule has 1 heterocycles. The Bertz CT molecular complexity index is 442. The SMILES string of the molecule is NCC(Sc1cccc(Cl)c1)c1ccsc1. The number of hydrogen-bond acceptors (Lipinski definition) is 3. The Labute approximate surface area is 109 Å². The first-order valence-corrected chi connectivity index (χ1v) is 7.14. The van der Waals surface area contributed by atoms with Crippen molar-refractivity contribution in [2.24, 2.45) is 5.73 Å². The molecule has 1 nitrogen and oxygen atoms in total. The Morgan fingerprint density at radius 2 is 2.25 bits per heavy atom. The third kappa shape index (κ3) is 3.01. The number of hydrogen-bond donors (Lipinski definition) is 1. The average Bonchev–Trinajstić information content (AvgIpc) is 2.79. The van der Waals surface area contributed by atoms with Gasteiger partial charge in [-0.3, -0.25) is 0 Å². The molecule has 1 aromatic carbocycles. The van der Waals surface area contributed by atoms with Crippen LogP contribution in [0.25, 0.3) is 0 Å². The summed E-state index contributed by atoms with van der Waals surface area (Å²) in [5.41, 5.74) is 7.09. The van der Waals surface area contributed by atoms with Crippen LogP contribution in [0.4, 0.5) is 0 Å². The third-order valence-electron chi connectivity index (χ3n) is 2.20.